The zero-order chi connectivity index (χ0) is 14.0. The standard InChI is InChI=1S/C14H17FN4/c1-8-9(2)14(12(17)7-16)19-18-13(8)10-3-5-11(15)6-4-10/h3-6,12H,7,16-17H2,1-2H3. The lowest BCUT2D eigenvalue weighted by Gasteiger charge is -2.15. The van der Waals surface area contributed by atoms with Gasteiger partial charge in [-0.3, -0.25) is 0 Å². The first-order valence-corrected chi connectivity index (χ1v) is 6.10. The van der Waals surface area contributed by atoms with Crippen LogP contribution in [0.3, 0.4) is 0 Å². The van der Waals surface area contributed by atoms with Crippen LogP contribution in [0, 0.1) is 19.7 Å². The summed E-state index contributed by atoms with van der Waals surface area (Å²) in [6, 6.07) is 5.88. The maximum absolute atomic E-state index is 12.9. The smallest absolute Gasteiger partial charge is 0.123 e. The van der Waals surface area contributed by atoms with Gasteiger partial charge in [0, 0.05) is 12.1 Å². The summed E-state index contributed by atoms with van der Waals surface area (Å²) in [5.41, 5.74) is 15.7. The van der Waals surface area contributed by atoms with Crippen LogP contribution in [0.5, 0.6) is 0 Å². The number of halogens is 1. The molecule has 0 bridgehead atoms. The molecule has 1 atom stereocenters. The molecule has 2 rings (SSSR count). The Morgan fingerprint density at radius 1 is 1.11 bits per heavy atom. The fourth-order valence-electron chi connectivity index (χ4n) is 1.97. The lowest BCUT2D eigenvalue weighted by Crippen LogP contribution is -2.23. The number of hydrogen-bond donors (Lipinski definition) is 2. The Bertz CT molecular complexity index is 581. The largest absolute Gasteiger partial charge is 0.329 e. The summed E-state index contributed by atoms with van der Waals surface area (Å²) in [7, 11) is 0. The zero-order valence-electron chi connectivity index (χ0n) is 11.0. The molecule has 0 saturated carbocycles. The number of rotatable bonds is 3. The Hall–Kier alpha value is -1.85. The molecule has 0 spiro atoms. The van der Waals surface area contributed by atoms with Crippen LogP contribution in [0.25, 0.3) is 11.3 Å². The average molecular weight is 260 g/mol. The molecular weight excluding hydrogens is 243 g/mol. The Morgan fingerprint density at radius 2 is 1.74 bits per heavy atom. The monoisotopic (exact) mass is 260 g/mol. The summed E-state index contributed by atoms with van der Waals surface area (Å²) in [6.45, 7) is 4.22. The van der Waals surface area contributed by atoms with Crippen molar-refractivity contribution < 1.29 is 4.39 Å². The third-order valence-electron chi connectivity index (χ3n) is 3.28. The number of benzene rings is 1. The van der Waals surface area contributed by atoms with Crippen LogP contribution in [-0.2, 0) is 0 Å². The van der Waals surface area contributed by atoms with Crippen molar-refractivity contribution >= 4 is 0 Å². The predicted molar refractivity (Wildman–Crippen MR) is 72.9 cm³/mol. The van der Waals surface area contributed by atoms with Crippen LogP contribution in [0.1, 0.15) is 22.9 Å². The third kappa shape index (κ3) is 2.62. The molecule has 4 nitrogen and oxygen atoms in total. The van der Waals surface area contributed by atoms with Crippen LogP contribution in [-0.4, -0.2) is 16.7 Å². The highest BCUT2D eigenvalue weighted by Gasteiger charge is 2.15. The topological polar surface area (TPSA) is 77.8 Å². The van der Waals surface area contributed by atoms with E-state index in [-0.39, 0.29) is 11.9 Å². The molecule has 4 N–H and O–H groups in total. The SMILES string of the molecule is Cc1c(-c2ccc(F)cc2)nnc(C(N)CN)c1C. The first-order chi connectivity index (χ1) is 9.04. The van der Waals surface area contributed by atoms with Crippen LogP contribution in [0.2, 0.25) is 0 Å². The van der Waals surface area contributed by atoms with Crippen molar-refractivity contribution in [1.82, 2.24) is 10.2 Å². The predicted octanol–water partition coefficient (Wildman–Crippen LogP) is 1.86. The highest BCUT2D eigenvalue weighted by Crippen LogP contribution is 2.25. The molecule has 1 heterocycles. The Kier molecular flexibility index (Phi) is 3.87. The van der Waals surface area contributed by atoms with Gasteiger partial charge < -0.3 is 11.5 Å². The van der Waals surface area contributed by atoms with E-state index in [2.05, 4.69) is 10.2 Å². The van der Waals surface area contributed by atoms with E-state index in [1.54, 1.807) is 12.1 Å². The van der Waals surface area contributed by atoms with E-state index >= 15 is 0 Å². The number of hydrogen-bond acceptors (Lipinski definition) is 4. The van der Waals surface area contributed by atoms with Gasteiger partial charge in [-0.25, -0.2) is 4.39 Å². The highest BCUT2D eigenvalue weighted by atomic mass is 19.1. The molecule has 2 aromatic rings. The third-order valence-corrected chi connectivity index (χ3v) is 3.28. The lowest BCUT2D eigenvalue weighted by atomic mass is 10.00. The summed E-state index contributed by atoms with van der Waals surface area (Å²) >= 11 is 0. The number of nitrogens with two attached hydrogens (primary N) is 2. The van der Waals surface area contributed by atoms with Crippen molar-refractivity contribution in [3.8, 4) is 11.3 Å². The second-order valence-electron chi connectivity index (χ2n) is 4.53. The van der Waals surface area contributed by atoms with Gasteiger partial charge in [0.05, 0.1) is 17.4 Å². The fraction of sp³-hybridized carbons (Fsp3) is 0.286. The molecule has 0 saturated heterocycles. The first-order valence-electron chi connectivity index (χ1n) is 6.10. The van der Waals surface area contributed by atoms with Crippen molar-refractivity contribution in [3.05, 3.63) is 46.9 Å². The van der Waals surface area contributed by atoms with E-state index in [0.717, 1.165) is 22.4 Å². The van der Waals surface area contributed by atoms with Crippen LogP contribution < -0.4 is 11.5 Å². The maximum atomic E-state index is 12.9. The normalized spacial score (nSPS) is 12.5. The first kappa shape index (κ1) is 13.6. The van der Waals surface area contributed by atoms with E-state index in [4.69, 9.17) is 11.5 Å². The number of aromatic nitrogens is 2. The van der Waals surface area contributed by atoms with E-state index in [1.165, 1.54) is 12.1 Å². The van der Waals surface area contributed by atoms with Gasteiger partial charge in [0.1, 0.15) is 5.82 Å². The van der Waals surface area contributed by atoms with Crippen molar-refractivity contribution in [3.63, 3.8) is 0 Å². The molecule has 0 aliphatic carbocycles. The second-order valence-corrected chi connectivity index (χ2v) is 4.53. The molecule has 0 amide bonds. The Balaban J connectivity index is 2.49. The van der Waals surface area contributed by atoms with Crippen LogP contribution >= 0.6 is 0 Å². The summed E-state index contributed by atoms with van der Waals surface area (Å²) < 4.78 is 12.9. The van der Waals surface area contributed by atoms with Gasteiger partial charge in [-0.1, -0.05) is 0 Å². The van der Waals surface area contributed by atoms with E-state index in [9.17, 15) is 4.39 Å². The maximum Gasteiger partial charge on any atom is 0.123 e. The highest BCUT2D eigenvalue weighted by molar-refractivity contribution is 5.63. The number of nitrogens with zero attached hydrogens (tertiary/aromatic N) is 2. The van der Waals surface area contributed by atoms with Crippen molar-refractivity contribution in [2.75, 3.05) is 6.54 Å². The van der Waals surface area contributed by atoms with Crippen LogP contribution in [0.15, 0.2) is 24.3 Å². The van der Waals surface area contributed by atoms with Crippen LogP contribution in [0.4, 0.5) is 4.39 Å². The summed E-state index contributed by atoms with van der Waals surface area (Å²) in [5, 5.41) is 8.36. The molecule has 0 fully saturated rings. The minimum atomic E-state index is -0.312. The average Bonchev–Trinajstić information content (AvgIpc) is 2.42. The van der Waals surface area contributed by atoms with Gasteiger partial charge in [-0.05, 0) is 49.2 Å². The quantitative estimate of drug-likeness (QED) is 0.883. The lowest BCUT2D eigenvalue weighted by molar-refractivity contribution is 0.628. The fourth-order valence-corrected chi connectivity index (χ4v) is 1.97. The minimum Gasteiger partial charge on any atom is -0.329 e. The molecule has 1 unspecified atom stereocenters. The van der Waals surface area contributed by atoms with Gasteiger partial charge in [0.15, 0.2) is 0 Å². The molecule has 5 heteroatoms. The molecule has 0 radical (unpaired) electrons. The summed E-state index contributed by atoms with van der Waals surface area (Å²) in [5.74, 6) is -0.271. The molecular formula is C14H17FN4. The van der Waals surface area contributed by atoms with E-state index < -0.39 is 0 Å². The van der Waals surface area contributed by atoms with Gasteiger partial charge >= 0.3 is 0 Å². The zero-order valence-corrected chi connectivity index (χ0v) is 11.0. The summed E-state index contributed by atoms with van der Waals surface area (Å²) in [6.07, 6.45) is 0. The van der Waals surface area contributed by atoms with E-state index in [0.29, 0.717) is 12.2 Å². The Labute approximate surface area is 111 Å². The molecule has 0 aliphatic heterocycles. The van der Waals surface area contributed by atoms with Crippen molar-refractivity contribution in [2.24, 2.45) is 11.5 Å². The Morgan fingerprint density at radius 3 is 2.32 bits per heavy atom. The van der Waals surface area contributed by atoms with Crippen molar-refractivity contribution in [2.45, 2.75) is 19.9 Å². The molecule has 19 heavy (non-hydrogen) atoms. The molecule has 1 aromatic carbocycles. The van der Waals surface area contributed by atoms with Gasteiger partial charge in [-0.2, -0.15) is 5.10 Å². The molecule has 0 aliphatic rings. The minimum absolute atomic E-state index is 0.271. The second kappa shape index (κ2) is 5.42. The van der Waals surface area contributed by atoms with Gasteiger partial charge in [0.2, 0.25) is 0 Å². The molecule has 1 aromatic heterocycles. The van der Waals surface area contributed by atoms with Crippen molar-refractivity contribution in [1.29, 1.82) is 0 Å². The van der Waals surface area contributed by atoms with E-state index in [1.807, 2.05) is 13.8 Å². The van der Waals surface area contributed by atoms with Gasteiger partial charge in [0.25, 0.3) is 0 Å². The molecule has 100 valence electrons. The summed E-state index contributed by atoms with van der Waals surface area (Å²) in [4.78, 5) is 0. The van der Waals surface area contributed by atoms with Gasteiger partial charge in [-0.15, -0.1) is 5.10 Å².